The summed E-state index contributed by atoms with van der Waals surface area (Å²) in [5.74, 6) is 3.08. The quantitative estimate of drug-likeness (QED) is 0.230. The van der Waals surface area contributed by atoms with Gasteiger partial charge in [0.25, 0.3) is 0 Å². The topological polar surface area (TPSA) is 233 Å². The highest BCUT2D eigenvalue weighted by Crippen LogP contribution is 2.30. The van der Waals surface area contributed by atoms with Gasteiger partial charge in [0, 0.05) is 0 Å². The molecule has 0 radical (unpaired) electrons. The summed E-state index contributed by atoms with van der Waals surface area (Å²) in [7, 11) is -13.9. The average molecular weight is 546 g/mol. The summed E-state index contributed by atoms with van der Waals surface area (Å²) in [5, 5.41) is 0. The third kappa shape index (κ3) is 50.2. The maximum atomic E-state index is 8.88. The Balaban J connectivity index is -0.000000489. The zero-order valence-electron chi connectivity index (χ0n) is 19.8. The van der Waals surface area contributed by atoms with Crippen molar-refractivity contribution >= 4 is 23.5 Å². The van der Waals surface area contributed by atoms with Gasteiger partial charge < -0.3 is 44.0 Å². The Morgan fingerprint density at radius 3 is 0.667 bits per heavy atom. The Kier molecular flexibility index (Phi) is 23.5. The fourth-order valence-corrected chi connectivity index (χ4v) is 3.74. The lowest BCUT2D eigenvalue weighted by molar-refractivity contribution is 0.272. The molecule has 0 aromatic rings. The van der Waals surface area contributed by atoms with Crippen LogP contribution < -0.4 is 0 Å². The summed E-state index contributed by atoms with van der Waals surface area (Å²) in [6, 6.07) is 0. The maximum Gasteiger partial charge on any atom is 0.466 e. The minimum absolute atomic E-state index is 1.03. The van der Waals surface area contributed by atoms with Gasteiger partial charge in [0.2, 0.25) is 0 Å². The summed E-state index contributed by atoms with van der Waals surface area (Å²) in [6.07, 6.45) is 17.7. The Labute approximate surface area is 197 Å². The van der Waals surface area contributed by atoms with Gasteiger partial charge in [-0.15, -0.1) is 0 Å². The molecule has 204 valence electrons. The minimum Gasteiger partial charge on any atom is -0.303 e. The molecule has 1 aliphatic carbocycles. The van der Waals surface area contributed by atoms with E-state index in [9.17, 15) is 0 Å². The average Bonchev–Trinajstić information content (AvgIpc) is 2.58. The van der Waals surface area contributed by atoms with E-state index in [1.54, 1.807) is 0 Å². The second-order valence-electron chi connectivity index (χ2n) is 8.16. The van der Waals surface area contributed by atoms with Gasteiger partial charge in [0.05, 0.1) is 0 Å². The third-order valence-corrected chi connectivity index (χ3v) is 5.41. The number of hydrogen-bond acceptors (Lipinski definition) is 3. The van der Waals surface area contributed by atoms with E-state index in [0.717, 1.165) is 17.8 Å². The van der Waals surface area contributed by atoms with Crippen molar-refractivity contribution in [2.24, 2.45) is 17.8 Å². The summed E-state index contributed by atoms with van der Waals surface area (Å²) >= 11 is 0. The molecule has 0 aromatic heterocycles. The van der Waals surface area contributed by atoms with E-state index >= 15 is 0 Å². The van der Waals surface area contributed by atoms with E-state index in [0.29, 0.717) is 0 Å². The van der Waals surface area contributed by atoms with E-state index < -0.39 is 23.5 Å². The molecule has 0 aliphatic heterocycles. The van der Waals surface area contributed by atoms with Crippen molar-refractivity contribution in [3.63, 3.8) is 0 Å². The summed E-state index contributed by atoms with van der Waals surface area (Å²) in [5.41, 5.74) is 0. The van der Waals surface area contributed by atoms with Crippen LogP contribution in [0.5, 0.6) is 0 Å². The second kappa shape index (κ2) is 20.5. The minimum atomic E-state index is -4.64. The van der Waals surface area contributed by atoms with Gasteiger partial charge in [-0.05, 0) is 17.8 Å². The molecule has 0 amide bonds. The summed E-state index contributed by atoms with van der Waals surface area (Å²) in [6.45, 7) is 7.18. The van der Waals surface area contributed by atoms with Crippen molar-refractivity contribution in [1.29, 1.82) is 0 Å². The lowest BCUT2D eigenvalue weighted by atomic mass is 9.84. The van der Waals surface area contributed by atoms with Crippen LogP contribution in [0.3, 0.4) is 0 Å². The van der Waals surface area contributed by atoms with E-state index in [2.05, 4.69) is 20.8 Å². The normalized spacial score (nSPS) is 23.1. The highest BCUT2D eigenvalue weighted by Gasteiger charge is 2.14. The van der Waals surface area contributed by atoms with Gasteiger partial charge in [-0.25, -0.2) is 13.7 Å². The summed E-state index contributed by atoms with van der Waals surface area (Å²) in [4.78, 5) is 64.7. The molecule has 0 bridgehead atoms. The number of phosphoric acid groups is 3. The highest BCUT2D eigenvalue weighted by atomic mass is 31.2. The fourth-order valence-electron chi connectivity index (χ4n) is 3.74. The van der Waals surface area contributed by atoms with Crippen LogP contribution in [0, 0.1) is 17.8 Å². The SMILES string of the molecule is CCC1CCCC(CC)CCCC(CC)CCC1.O=P(O)(O)O.O=P(O)(O)O.O=P(O)(O)O. The van der Waals surface area contributed by atoms with Gasteiger partial charge >= 0.3 is 23.5 Å². The molecule has 15 heteroatoms. The molecule has 1 fully saturated rings. The smallest absolute Gasteiger partial charge is 0.303 e. The molecule has 1 rings (SSSR count). The van der Waals surface area contributed by atoms with Gasteiger partial charge in [0.15, 0.2) is 0 Å². The number of hydrogen-bond donors (Lipinski definition) is 9. The van der Waals surface area contributed by atoms with Crippen LogP contribution in [0.1, 0.15) is 97.8 Å². The zero-order chi connectivity index (χ0) is 26.7. The van der Waals surface area contributed by atoms with Crippen LogP contribution in [0.2, 0.25) is 0 Å². The van der Waals surface area contributed by atoms with Crippen molar-refractivity contribution in [3.8, 4) is 0 Å². The highest BCUT2D eigenvalue weighted by molar-refractivity contribution is 7.45. The molecule has 1 saturated carbocycles. The van der Waals surface area contributed by atoms with Crippen molar-refractivity contribution in [2.45, 2.75) is 97.8 Å². The van der Waals surface area contributed by atoms with Crippen LogP contribution in [0.25, 0.3) is 0 Å². The molecule has 33 heavy (non-hydrogen) atoms. The Bertz CT molecular complexity index is 469. The van der Waals surface area contributed by atoms with Crippen LogP contribution in [-0.4, -0.2) is 44.0 Å². The summed E-state index contributed by atoms with van der Waals surface area (Å²) < 4.78 is 26.6. The van der Waals surface area contributed by atoms with E-state index in [1.807, 2.05) is 0 Å². The van der Waals surface area contributed by atoms with Crippen molar-refractivity contribution < 1.29 is 57.7 Å². The van der Waals surface area contributed by atoms with E-state index in [-0.39, 0.29) is 0 Å². The first-order chi connectivity index (χ1) is 14.8. The Hall–Kier alpha value is 0.330. The molecule has 0 spiro atoms. The monoisotopic (exact) mass is 546 g/mol. The Morgan fingerprint density at radius 2 is 0.576 bits per heavy atom. The second-order valence-corrected chi connectivity index (χ2v) is 11.2. The molecule has 1 aliphatic rings. The zero-order valence-corrected chi connectivity index (χ0v) is 22.5. The lowest BCUT2D eigenvalue weighted by Gasteiger charge is -2.22. The van der Waals surface area contributed by atoms with Crippen molar-refractivity contribution in [2.75, 3.05) is 0 Å². The van der Waals surface area contributed by atoms with Gasteiger partial charge in [0.1, 0.15) is 0 Å². The first-order valence-electron chi connectivity index (χ1n) is 11.1. The lowest BCUT2D eigenvalue weighted by Crippen LogP contribution is -2.08. The van der Waals surface area contributed by atoms with Crippen LogP contribution in [0.4, 0.5) is 0 Å². The fraction of sp³-hybridized carbons (Fsp3) is 1.00. The molecule has 0 atom stereocenters. The molecular formula is C18H45O12P3. The van der Waals surface area contributed by atoms with Crippen LogP contribution >= 0.6 is 23.5 Å². The van der Waals surface area contributed by atoms with Gasteiger partial charge in [-0.1, -0.05) is 97.8 Å². The van der Waals surface area contributed by atoms with E-state index in [1.165, 1.54) is 77.0 Å². The first-order valence-corrected chi connectivity index (χ1v) is 15.8. The van der Waals surface area contributed by atoms with Gasteiger partial charge in [-0.3, -0.25) is 0 Å². The molecule has 0 aromatic carbocycles. The van der Waals surface area contributed by atoms with Gasteiger partial charge in [-0.2, -0.15) is 0 Å². The van der Waals surface area contributed by atoms with E-state index in [4.69, 9.17) is 57.7 Å². The molecule has 0 saturated heterocycles. The third-order valence-electron chi connectivity index (χ3n) is 5.41. The molecule has 0 unspecified atom stereocenters. The molecule has 0 heterocycles. The van der Waals surface area contributed by atoms with Crippen molar-refractivity contribution in [1.82, 2.24) is 0 Å². The van der Waals surface area contributed by atoms with Crippen LogP contribution in [0.15, 0.2) is 0 Å². The Morgan fingerprint density at radius 1 is 0.455 bits per heavy atom. The maximum absolute atomic E-state index is 8.88. The largest absolute Gasteiger partial charge is 0.466 e. The molecular weight excluding hydrogens is 501 g/mol. The van der Waals surface area contributed by atoms with Crippen LogP contribution in [-0.2, 0) is 13.7 Å². The molecule has 9 N–H and O–H groups in total. The predicted octanol–water partition coefficient (Wildman–Crippen LogP) is 3.80. The van der Waals surface area contributed by atoms with Crippen molar-refractivity contribution in [3.05, 3.63) is 0 Å². The molecule has 12 nitrogen and oxygen atoms in total. The predicted molar refractivity (Wildman–Crippen MR) is 126 cm³/mol. The first kappa shape index (κ1) is 37.9. The number of rotatable bonds is 3. The standard InChI is InChI=1S/C18H36.3H3O4P/c1-4-16-10-7-12-17(5-2)14-9-15-18(6-3)13-8-11-16;3*1-5(2,3)4/h16-18H,4-15H2,1-3H3;3*(H3,1,2,3,4).